The van der Waals surface area contributed by atoms with Gasteiger partial charge >= 0.3 is 12.1 Å². The molecule has 0 aliphatic carbocycles. The van der Waals surface area contributed by atoms with E-state index in [1.165, 1.54) is 18.2 Å². The van der Waals surface area contributed by atoms with Crippen molar-refractivity contribution in [3.63, 3.8) is 0 Å². The fourth-order valence-corrected chi connectivity index (χ4v) is 3.09. The third-order valence-corrected chi connectivity index (χ3v) is 4.63. The number of ether oxygens (including phenoxy) is 1. The summed E-state index contributed by atoms with van der Waals surface area (Å²) in [6.45, 7) is 1.98. The lowest BCUT2D eigenvalue weighted by atomic mass is 10.1. The number of hydrogen-bond acceptors (Lipinski definition) is 7. The Labute approximate surface area is 163 Å². The summed E-state index contributed by atoms with van der Waals surface area (Å²) in [5, 5.41) is 11.1. The number of benzene rings is 1. The molecule has 2 aromatic rings. The van der Waals surface area contributed by atoms with E-state index in [0.29, 0.717) is 37.7 Å². The lowest BCUT2D eigenvalue weighted by Gasteiger charge is -2.36. The molecule has 2 heterocycles. The summed E-state index contributed by atoms with van der Waals surface area (Å²) in [5.74, 6) is -0.359. The second-order valence-corrected chi connectivity index (χ2v) is 6.33. The Bertz CT molecular complexity index is 910. The first-order chi connectivity index (χ1) is 13.7. The second kappa shape index (κ2) is 7.94. The average molecular weight is 410 g/mol. The summed E-state index contributed by atoms with van der Waals surface area (Å²) in [4.78, 5) is 30.0. The molecule has 1 aromatic heterocycles. The molecule has 154 valence electrons. The van der Waals surface area contributed by atoms with Crippen molar-refractivity contribution >= 4 is 23.2 Å². The lowest BCUT2D eigenvalue weighted by molar-refractivity contribution is -0.385. The summed E-state index contributed by atoms with van der Waals surface area (Å²) in [5.41, 5.74) is -0.660. The summed E-state index contributed by atoms with van der Waals surface area (Å²) < 4.78 is 42.6. The molecule has 0 amide bonds. The lowest BCUT2D eigenvalue weighted by Crippen LogP contribution is -2.46. The van der Waals surface area contributed by atoms with E-state index in [4.69, 9.17) is 0 Å². The van der Waals surface area contributed by atoms with Crippen LogP contribution in [0.3, 0.4) is 0 Å². The summed E-state index contributed by atoms with van der Waals surface area (Å²) >= 11 is 0. The molecule has 3 rings (SSSR count). The standard InChI is InChI=1S/C18H17F3N4O4/c1-29-17(26)14-10-13(3-4-15(14)25(27)28)23-6-8-24(9-7-23)16-5-2-12(11-22-16)18(19,20)21/h2-5,10-11H,6-9H2,1H3. The van der Waals surface area contributed by atoms with Crippen LogP contribution in [0.4, 0.5) is 30.4 Å². The Morgan fingerprint density at radius 1 is 1.14 bits per heavy atom. The molecule has 0 saturated carbocycles. The number of methoxy groups -OCH3 is 1. The molecular weight excluding hydrogens is 393 g/mol. The highest BCUT2D eigenvalue weighted by Gasteiger charge is 2.31. The van der Waals surface area contributed by atoms with E-state index in [-0.39, 0.29) is 11.3 Å². The van der Waals surface area contributed by atoms with Crippen LogP contribution < -0.4 is 9.80 Å². The number of anilines is 2. The van der Waals surface area contributed by atoms with Crippen molar-refractivity contribution in [2.75, 3.05) is 43.1 Å². The number of piperazine rings is 1. The van der Waals surface area contributed by atoms with Gasteiger partial charge in [-0.2, -0.15) is 13.2 Å². The van der Waals surface area contributed by atoms with Crippen molar-refractivity contribution < 1.29 is 27.6 Å². The van der Waals surface area contributed by atoms with Gasteiger partial charge in [0, 0.05) is 44.1 Å². The van der Waals surface area contributed by atoms with Gasteiger partial charge in [-0.05, 0) is 24.3 Å². The summed E-state index contributed by atoms with van der Waals surface area (Å²) in [6.07, 6.45) is -3.63. The minimum absolute atomic E-state index is 0.137. The number of pyridine rings is 1. The number of nitrogens with zero attached hydrogens (tertiary/aromatic N) is 4. The van der Waals surface area contributed by atoms with Crippen LogP contribution in [0.25, 0.3) is 0 Å². The molecule has 0 spiro atoms. The highest BCUT2D eigenvalue weighted by atomic mass is 19.4. The zero-order valence-corrected chi connectivity index (χ0v) is 15.3. The maximum absolute atomic E-state index is 12.7. The van der Waals surface area contributed by atoms with Crippen molar-refractivity contribution in [3.8, 4) is 0 Å². The first-order valence-corrected chi connectivity index (χ1v) is 8.60. The maximum atomic E-state index is 12.7. The molecule has 1 aliphatic rings. The van der Waals surface area contributed by atoms with E-state index in [1.807, 2.05) is 9.80 Å². The Kier molecular flexibility index (Phi) is 5.57. The van der Waals surface area contributed by atoms with Gasteiger partial charge in [-0.3, -0.25) is 10.1 Å². The van der Waals surface area contributed by atoms with Gasteiger partial charge in [0.25, 0.3) is 5.69 Å². The van der Waals surface area contributed by atoms with Crippen LogP contribution in [0.5, 0.6) is 0 Å². The van der Waals surface area contributed by atoms with Gasteiger partial charge in [-0.1, -0.05) is 0 Å². The molecule has 0 radical (unpaired) electrons. The summed E-state index contributed by atoms with van der Waals surface area (Å²) in [7, 11) is 1.15. The molecule has 0 unspecified atom stereocenters. The quantitative estimate of drug-likeness (QED) is 0.435. The van der Waals surface area contributed by atoms with Gasteiger partial charge in [0.05, 0.1) is 17.6 Å². The number of carbonyl (C=O) groups is 1. The molecule has 11 heteroatoms. The molecule has 0 N–H and O–H groups in total. The topological polar surface area (TPSA) is 88.8 Å². The second-order valence-electron chi connectivity index (χ2n) is 6.33. The number of rotatable bonds is 4. The van der Waals surface area contributed by atoms with Crippen molar-refractivity contribution in [1.82, 2.24) is 4.98 Å². The minimum Gasteiger partial charge on any atom is -0.465 e. The minimum atomic E-state index is -4.43. The molecule has 0 atom stereocenters. The van der Waals surface area contributed by atoms with Crippen LogP contribution in [-0.2, 0) is 10.9 Å². The van der Waals surface area contributed by atoms with Crippen LogP contribution in [0, 0.1) is 10.1 Å². The van der Waals surface area contributed by atoms with E-state index in [1.54, 1.807) is 6.07 Å². The molecule has 29 heavy (non-hydrogen) atoms. The summed E-state index contributed by atoms with van der Waals surface area (Å²) in [6, 6.07) is 6.55. The van der Waals surface area contributed by atoms with Crippen molar-refractivity contribution in [2.45, 2.75) is 6.18 Å². The van der Waals surface area contributed by atoms with Gasteiger partial charge in [-0.15, -0.1) is 0 Å². The molecule has 1 saturated heterocycles. The first kappa shape index (κ1) is 20.4. The maximum Gasteiger partial charge on any atom is 0.417 e. The van der Waals surface area contributed by atoms with Gasteiger partial charge < -0.3 is 14.5 Å². The molecular formula is C18H17F3N4O4. The van der Waals surface area contributed by atoms with Crippen LogP contribution in [0.2, 0.25) is 0 Å². The smallest absolute Gasteiger partial charge is 0.417 e. The Hall–Kier alpha value is -3.37. The van der Waals surface area contributed by atoms with Gasteiger partial charge in [0.1, 0.15) is 11.4 Å². The van der Waals surface area contributed by atoms with E-state index in [2.05, 4.69) is 9.72 Å². The zero-order chi connectivity index (χ0) is 21.2. The number of nitro groups is 1. The van der Waals surface area contributed by atoms with Crippen molar-refractivity contribution in [3.05, 3.63) is 57.8 Å². The third kappa shape index (κ3) is 4.39. The SMILES string of the molecule is COC(=O)c1cc(N2CCN(c3ccc(C(F)(F)F)cn3)CC2)ccc1[N+](=O)[O-]. The van der Waals surface area contributed by atoms with E-state index >= 15 is 0 Å². The van der Waals surface area contributed by atoms with Gasteiger partial charge in [0.15, 0.2) is 0 Å². The fourth-order valence-electron chi connectivity index (χ4n) is 3.09. The van der Waals surface area contributed by atoms with E-state index < -0.39 is 22.6 Å². The fraction of sp³-hybridized carbons (Fsp3) is 0.333. The highest BCUT2D eigenvalue weighted by Crippen LogP contribution is 2.30. The normalized spacial score (nSPS) is 14.6. The Morgan fingerprint density at radius 2 is 1.79 bits per heavy atom. The Balaban J connectivity index is 1.72. The number of alkyl halides is 3. The average Bonchev–Trinajstić information content (AvgIpc) is 2.72. The molecule has 1 fully saturated rings. The first-order valence-electron chi connectivity index (χ1n) is 8.60. The van der Waals surface area contributed by atoms with E-state index in [0.717, 1.165) is 19.4 Å². The van der Waals surface area contributed by atoms with Crippen molar-refractivity contribution in [1.29, 1.82) is 0 Å². The zero-order valence-electron chi connectivity index (χ0n) is 15.3. The van der Waals surface area contributed by atoms with Crippen LogP contribution >= 0.6 is 0 Å². The highest BCUT2D eigenvalue weighted by molar-refractivity contribution is 5.95. The predicted molar refractivity (Wildman–Crippen MR) is 98.1 cm³/mol. The Morgan fingerprint density at radius 3 is 2.31 bits per heavy atom. The predicted octanol–water partition coefficient (Wildman–Crippen LogP) is 3.12. The molecule has 1 aliphatic heterocycles. The monoisotopic (exact) mass is 410 g/mol. The number of carbonyl (C=O) groups excluding carboxylic acids is 1. The number of hydrogen-bond donors (Lipinski definition) is 0. The number of esters is 1. The van der Waals surface area contributed by atoms with Gasteiger partial charge in [0.2, 0.25) is 0 Å². The third-order valence-electron chi connectivity index (χ3n) is 4.63. The van der Waals surface area contributed by atoms with Crippen LogP contribution in [0.1, 0.15) is 15.9 Å². The molecule has 1 aromatic carbocycles. The number of aromatic nitrogens is 1. The number of nitro benzene ring substituents is 1. The molecule has 0 bridgehead atoms. The van der Waals surface area contributed by atoms with Crippen molar-refractivity contribution in [2.24, 2.45) is 0 Å². The number of halogens is 3. The van der Waals surface area contributed by atoms with Crippen LogP contribution in [0.15, 0.2) is 36.5 Å². The van der Waals surface area contributed by atoms with Gasteiger partial charge in [-0.25, -0.2) is 9.78 Å². The van der Waals surface area contributed by atoms with Crippen LogP contribution in [-0.4, -0.2) is 49.2 Å². The molecule has 8 nitrogen and oxygen atoms in total. The van der Waals surface area contributed by atoms with E-state index in [9.17, 15) is 28.1 Å². The largest absolute Gasteiger partial charge is 0.465 e.